The second-order valence-corrected chi connectivity index (χ2v) is 6.37. The van der Waals surface area contributed by atoms with Crippen LogP contribution < -0.4 is 0 Å². The second kappa shape index (κ2) is 12.1. The molecular weight excluding hydrogens is 292 g/mol. The minimum Gasteiger partial charge on any atom is -0.466 e. The number of methoxy groups -OCH3 is 1. The van der Waals surface area contributed by atoms with Gasteiger partial charge < -0.3 is 9.47 Å². The molecule has 2 unspecified atom stereocenters. The Bertz CT molecular complexity index is 376. The van der Waals surface area contributed by atoms with Gasteiger partial charge in [0.1, 0.15) is 0 Å². The van der Waals surface area contributed by atoms with Crippen LogP contribution in [-0.4, -0.2) is 25.7 Å². The molecule has 1 aliphatic carbocycles. The van der Waals surface area contributed by atoms with Gasteiger partial charge >= 0.3 is 11.9 Å². The maximum atomic E-state index is 11.9. The second-order valence-electron chi connectivity index (χ2n) is 6.37. The number of rotatable bonds is 5. The molecule has 0 heterocycles. The molecule has 23 heavy (non-hydrogen) atoms. The van der Waals surface area contributed by atoms with Gasteiger partial charge in [-0.15, -0.1) is 0 Å². The van der Waals surface area contributed by atoms with E-state index in [4.69, 9.17) is 9.47 Å². The average molecular weight is 324 g/mol. The molecule has 0 aromatic heterocycles. The predicted octanol–water partition coefficient (Wildman–Crippen LogP) is 4.43. The molecule has 0 amide bonds. The Hall–Kier alpha value is -1.32. The molecule has 132 valence electrons. The highest BCUT2D eigenvalue weighted by Crippen LogP contribution is 2.30. The summed E-state index contributed by atoms with van der Waals surface area (Å²) in [6.07, 6.45) is 14.6. The van der Waals surface area contributed by atoms with E-state index in [1.54, 1.807) is 0 Å². The summed E-state index contributed by atoms with van der Waals surface area (Å²) in [4.78, 5) is 23.4. The van der Waals surface area contributed by atoms with Crippen molar-refractivity contribution in [1.82, 2.24) is 0 Å². The van der Waals surface area contributed by atoms with E-state index >= 15 is 0 Å². The van der Waals surface area contributed by atoms with Crippen LogP contribution in [0.15, 0.2) is 12.2 Å². The van der Waals surface area contributed by atoms with E-state index in [9.17, 15) is 9.59 Å². The van der Waals surface area contributed by atoms with Crippen LogP contribution in [0.1, 0.15) is 71.1 Å². The molecule has 2 atom stereocenters. The fraction of sp³-hybridized carbons (Fsp3) is 0.789. The molecule has 0 radical (unpaired) electrons. The van der Waals surface area contributed by atoms with Crippen molar-refractivity contribution < 1.29 is 19.1 Å². The lowest BCUT2D eigenvalue weighted by atomic mass is 9.82. The van der Waals surface area contributed by atoms with Gasteiger partial charge in [0.2, 0.25) is 0 Å². The van der Waals surface area contributed by atoms with Crippen LogP contribution in [0.4, 0.5) is 0 Å². The van der Waals surface area contributed by atoms with E-state index < -0.39 is 0 Å². The van der Waals surface area contributed by atoms with E-state index in [0.717, 1.165) is 25.7 Å². The van der Waals surface area contributed by atoms with Crippen molar-refractivity contribution in [1.29, 1.82) is 0 Å². The van der Waals surface area contributed by atoms with Crippen molar-refractivity contribution >= 4 is 11.9 Å². The molecular formula is C19H32O4. The summed E-state index contributed by atoms with van der Waals surface area (Å²) >= 11 is 0. The van der Waals surface area contributed by atoms with Crippen molar-refractivity contribution in [3.8, 4) is 0 Å². The summed E-state index contributed by atoms with van der Waals surface area (Å²) in [5.74, 6) is 0.0581. The van der Waals surface area contributed by atoms with Gasteiger partial charge in [0.25, 0.3) is 0 Å². The molecule has 1 rings (SSSR count). The molecule has 0 aliphatic heterocycles. The van der Waals surface area contributed by atoms with Gasteiger partial charge in [-0.05, 0) is 31.6 Å². The number of allylic oxidation sites excluding steroid dienone is 1. The van der Waals surface area contributed by atoms with Gasteiger partial charge in [0.05, 0.1) is 13.7 Å². The Morgan fingerprint density at radius 1 is 1.00 bits per heavy atom. The quantitative estimate of drug-likeness (QED) is 0.554. The summed E-state index contributed by atoms with van der Waals surface area (Å²) in [6.45, 7) is 2.26. The molecule has 0 saturated heterocycles. The summed E-state index contributed by atoms with van der Waals surface area (Å²) < 4.78 is 9.84. The van der Waals surface area contributed by atoms with E-state index in [1.807, 2.05) is 13.0 Å². The van der Waals surface area contributed by atoms with Crippen LogP contribution in [0, 0.1) is 11.8 Å². The van der Waals surface area contributed by atoms with E-state index in [2.05, 4.69) is 0 Å². The molecule has 0 bridgehead atoms. The fourth-order valence-corrected chi connectivity index (χ4v) is 3.33. The third-order valence-electron chi connectivity index (χ3n) is 4.63. The zero-order valence-electron chi connectivity index (χ0n) is 14.7. The van der Waals surface area contributed by atoms with Crippen LogP contribution in [0.2, 0.25) is 0 Å². The number of ether oxygens (including phenoxy) is 2. The van der Waals surface area contributed by atoms with Gasteiger partial charge in [-0.25, -0.2) is 4.79 Å². The third-order valence-corrected chi connectivity index (χ3v) is 4.63. The van der Waals surface area contributed by atoms with Gasteiger partial charge in [-0.2, -0.15) is 0 Å². The first-order valence-electron chi connectivity index (χ1n) is 9.09. The highest BCUT2D eigenvalue weighted by Gasteiger charge is 2.23. The summed E-state index contributed by atoms with van der Waals surface area (Å²) in [5, 5.41) is 0. The lowest BCUT2D eigenvalue weighted by Crippen LogP contribution is -2.19. The normalized spacial score (nSPS) is 23.9. The first-order chi connectivity index (χ1) is 11.2. The van der Waals surface area contributed by atoms with Crippen LogP contribution in [-0.2, 0) is 19.1 Å². The van der Waals surface area contributed by atoms with E-state index in [-0.39, 0.29) is 23.8 Å². The number of hydrogen-bond donors (Lipinski definition) is 0. The Morgan fingerprint density at radius 2 is 1.61 bits per heavy atom. The lowest BCUT2D eigenvalue weighted by Gasteiger charge is -2.24. The van der Waals surface area contributed by atoms with E-state index in [1.165, 1.54) is 45.3 Å². The highest BCUT2D eigenvalue weighted by atomic mass is 16.5. The molecule has 1 aliphatic rings. The largest absolute Gasteiger partial charge is 0.466 e. The van der Waals surface area contributed by atoms with Gasteiger partial charge in [0.15, 0.2) is 0 Å². The van der Waals surface area contributed by atoms with Crippen LogP contribution in [0.3, 0.4) is 0 Å². The Kier molecular flexibility index (Phi) is 10.4. The maximum absolute atomic E-state index is 11.9. The Balaban J connectivity index is 2.77. The smallest absolute Gasteiger partial charge is 0.330 e. The zero-order chi connectivity index (χ0) is 16.9. The number of esters is 2. The van der Waals surface area contributed by atoms with Crippen LogP contribution >= 0.6 is 0 Å². The summed E-state index contributed by atoms with van der Waals surface area (Å²) in [6, 6.07) is 0. The first kappa shape index (κ1) is 19.7. The SMILES string of the molecule is CCOC(=O)CC1CCCCCCCCCC1/C=C/C(=O)OC. The molecule has 4 nitrogen and oxygen atoms in total. The Labute approximate surface area is 140 Å². The van der Waals surface area contributed by atoms with Crippen molar-refractivity contribution in [2.75, 3.05) is 13.7 Å². The molecule has 0 N–H and O–H groups in total. The standard InChI is InChI=1S/C19H32O4/c1-3-23-19(21)15-17-12-10-8-6-4-5-7-9-11-16(17)13-14-18(20)22-2/h13-14,16-17H,3-12,15H2,1-2H3/b14-13+. The Morgan fingerprint density at radius 3 is 2.22 bits per heavy atom. The molecule has 4 heteroatoms. The number of hydrogen-bond acceptors (Lipinski definition) is 4. The minimum atomic E-state index is -0.325. The third kappa shape index (κ3) is 8.77. The summed E-state index contributed by atoms with van der Waals surface area (Å²) in [5.41, 5.74) is 0. The average Bonchev–Trinajstić information content (AvgIpc) is 2.59. The van der Waals surface area contributed by atoms with Gasteiger partial charge in [-0.1, -0.05) is 51.0 Å². The van der Waals surface area contributed by atoms with E-state index in [0.29, 0.717) is 13.0 Å². The zero-order valence-corrected chi connectivity index (χ0v) is 14.7. The molecule has 0 aromatic carbocycles. The molecule has 0 aromatic rings. The van der Waals surface area contributed by atoms with Crippen LogP contribution in [0.25, 0.3) is 0 Å². The van der Waals surface area contributed by atoms with Crippen molar-refractivity contribution in [3.63, 3.8) is 0 Å². The first-order valence-corrected chi connectivity index (χ1v) is 9.09. The lowest BCUT2D eigenvalue weighted by molar-refractivity contribution is -0.144. The maximum Gasteiger partial charge on any atom is 0.330 e. The van der Waals surface area contributed by atoms with Gasteiger partial charge in [-0.3, -0.25) is 4.79 Å². The topological polar surface area (TPSA) is 52.6 Å². The van der Waals surface area contributed by atoms with Gasteiger partial charge in [0, 0.05) is 12.5 Å². The molecule has 1 fully saturated rings. The fourth-order valence-electron chi connectivity index (χ4n) is 3.33. The molecule has 1 saturated carbocycles. The highest BCUT2D eigenvalue weighted by molar-refractivity contribution is 5.81. The van der Waals surface area contributed by atoms with Crippen molar-refractivity contribution in [2.45, 2.75) is 71.1 Å². The van der Waals surface area contributed by atoms with Crippen molar-refractivity contribution in [2.24, 2.45) is 11.8 Å². The predicted molar refractivity (Wildman–Crippen MR) is 90.9 cm³/mol. The van der Waals surface area contributed by atoms with Crippen molar-refractivity contribution in [3.05, 3.63) is 12.2 Å². The molecule has 0 spiro atoms. The summed E-state index contributed by atoms with van der Waals surface area (Å²) in [7, 11) is 1.39. The van der Waals surface area contributed by atoms with Crippen LogP contribution in [0.5, 0.6) is 0 Å². The minimum absolute atomic E-state index is 0.121. The number of carbonyl (C=O) groups excluding carboxylic acids is 2. The monoisotopic (exact) mass is 324 g/mol. The number of carbonyl (C=O) groups is 2.